The largest absolute Gasteiger partial charge is 0.496 e. The number of carboxylic acids is 2. The lowest BCUT2D eigenvalue weighted by Crippen LogP contribution is -2.45. The maximum atomic E-state index is 9.10. The quantitative estimate of drug-likeness (QED) is 0.602. The summed E-state index contributed by atoms with van der Waals surface area (Å²) in [6.07, 6.45) is 0. The number of ether oxygens (including phenoxy) is 3. The second kappa shape index (κ2) is 12.7. The van der Waals surface area contributed by atoms with Gasteiger partial charge in [0.2, 0.25) is 0 Å². The van der Waals surface area contributed by atoms with Gasteiger partial charge in [0.25, 0.3) is 0 Å². The van der Waals surface area contributed by atoms with E-state index in [4.69, 9.17) is 34.0 Å². The van der Waals surface area contributed by atoms with Crippen molar-refractivity contribution in [2.75, 3.05) is 47.5 Å². The van der Waals surface area contributed by atoms with E-state index in [1.165, 1.54) is 11.1 Å². The Morgan fingerprint density at radius 3 is 1.67 bits per heavy atom. The highest BCUT2D eigenvalue weighted by molar-refractivity contribution is 6.27. The Bertz CT molecular complexity index is 911. The SMILES string of the molecule is COc1cc(OC)c(OC)cc1CN1CCN(Cc2ccc(C)cc2)CC1.O=C(O)C(=O)O. The van der Waals surface area contributed by atoms with Crippen molar-refractivity contribution in [3.8, 4) is 17.2 Å². The third kappa shape index (κ3) is 7.96. The number of hydrogen-bond acceptors (Lipinski definition) is 7. The summed E-state index contributed by atoms with van der Waals surface area (Å²) in [7, 11) is 5.01. The summed E-state index contributed by atoms with van der Waals surface area (Å²) in [6, 6.07) is 12.8. The molecule has 1 fully saturated rings. The first kappa shape index (κ1) is 26.0. The van der Waals surface area contributed by atoms with Crippen molar-refractivity contribution in [2.24, 2.45) is 0 Å². The Balaban J connectivity index is 0.000000569. The van der Waals surface area contributed by atoms with E-state index in [1.807, 2.05) is 12.1 Å². The fourth-order valence-electron chi connectivity index (χ4n) is 3.51. The molecule has 1 saturated heterocycles. The number of rotatable bonds is 7. The molecule has 0 unspecified atom stereocenters. The average Bonchev–Trinajstić information content (AvgIpc) is 2.81. The summed E-state index contributed by atoms with van der Waals surface area (Å²) >= 11 is 0. The maximum Gasteiger partial charge on any atom is 0.414 e. The normalized spacial score (nSPS) is 14.1. The molecule has 0 aliphatic carbocycles. The number of hydrogen-bond donors (Lipinski definition) is 2. The van der Waals surface area contributed by atoms with Gasteiger partial charge in [-0.15, -0.1) is 0 Å². The smallest absolute Gasteiger partial charge is 0.414 e. The molecular formula is C24H32N2O7. The molecule has 1 aliphatic heterocycles. The first-order chi connectivity index (χ1) is 15.8. The second-order valence-electron chi connectivity index (χ2n) is 7.67. The van der Waals surface area contributed by atoms with E-state index in [0.29, 0.717) is 5.75 Å². The lowest BCUT2D eigenvalue weighted by atomic mass is 10.1. The number of aryl methyl sites for hydroxylation is 1. The molecule has 33 heavy (non-hydrogen) atoms. The molecule has 2 aromatic carbocycles. The van der Waals surface area contributed by atoms with Crippen LogP contribution in [0.15, 0.2) is 36.4 Å². The zero-order valence-electron chi connectivity index (χ0n) is 19.5. The minimum Gasteiger partial charge on any atom is -0.496 e. The minimum atomic E-state index is -1.82. The van der Waals surface area contributed by atoms with E-state index >= 15 is 0 Å². The van der Waals surface area contributed by atoms with Crippen LogP contribution in [0.5, 0.6) is 17.2 Å². The van der Waals surface area contributed by atoms with Crippen molar-refractivity contribution in [1.82, 2.24) is 9.80 Å². The van der Waals surface area contributed by atoms with Gasteiger partial charge >= 0.3 is 11.9 Å². The first-order valence-corrected chi connectivity index (χ1v) is 10.5. The van der Waals surface area contributed by atoms with Crippen LogP contribution in [0, 0.1) is 6.92 Å². The number of nitrogens with zero attached hydrogens (tertiary/aromatic N) is 2. The number of benzene rings is 2. The molecule has 0 saturated carbocycles. The van der Waals surface area contributed by atoms with Crippen molar-refractivity contribution >= 4 is 11.9 Å². The zero-order chi connectivity index (χ0) is 24.4. The highest BCUT2D eigenvalue weighted by Gasteiger charge is 2.20. The van der Waals surface area contributed by atoms with E-state index in [0.717, 1.165) is 56.3 Å². The number of piperazine rings is 1. The lowest BCUT2D eigenvalue weighted by molar-refractivity contribution is -0.159. The van der Waals surface area contributed by atoms with Gasteiger partial charge in [-0.05, 0) is 18.6 Å². The molecule has 180 valence electrons. The molecule has 0 bridgehead atoms. The van der Waals surface area contributed by atoms with Crippen LogP contribution in [-0.2, 0) is 22.7 Å². The summed E-state index contributed by atoms with van der Waals surface area (Å²) in [5.41, 5.74) is 3.82. The van der Waals surface area contributed by atoms with Gasteiger partial charge in [0.15, 0.2) is 11.5 Å². The van der Waals surface area contributed by atoms with Gasteiger partial charge in [-0.1, -0.05) is 29.8 Å². The molecule has 0 atom stereocenters. The Kier molecular flexibility index (Phi) is 9.96. The topological polar surface area (TPSA) is 109 Å². The predicted octanol–water partition coefficient (Wildman–Crippen LogP) is 2.49. The highest BCUT2D eigenvalue weighted by Crippen LogP contribution is 2.35. The van der Waals surface area contributed by atoms with E-state index in [2.05, 4.69) is 41.0 Å². The van der Waals surface area contributed by atoms with Gasteiger partial charge in [0.05, 0.1) is 21.3 Å². The number of methoxy groups -OCH3 is 3. The van der Waals surface area contributed by atoms with Crippen LogP contribution in [0.4, 0.5) is 0 Å². The Hall–Kier alpha value is -3.30. The summed E-state index contributed by atoms with van der Waals surface area (Å²) in [5, 5.41) is 14.8. The Labute approximate surface area is 194 Å². The molecule has 3 rings (SSSR count). The lowest BCUT2D eigenvalue weighted by Gasteiger charge is -2.35. The van der Waals surface area contributed by atoms with Crippen LogP contribution in [0.25, 0.3) is 0 Å². The Morgan fingerprint density at radius 2 is 1.21 bits per heavy atom. The fraction of sp³-hybridized carbons (Fsp3) is 0.417. The molecule has 0 aromatic heterocycles. The van der Waals surface area contributed by atoms with E-state index < -0.39 is 11.9 Å². The number of carboxylic acid groups (broad SMARTS) is 2. The summed E-state index contributed by atoms with van der Waals surface area (Å²) in [5.74, 6) is -1.37. The summed E-state index contributed by atoms with van der Waals surface area (Å²) in [4.78, 5) is 23.2. The molecule has 0 amide bonds. The van der Waals surface area contributed by atoms with Gasteiger partial charge in [-0.2, -0.15) is 0 Å². The molecule has 1 aliphatic rings. The van der Waals surface area contributed by atoms with Gasteiger partial charge < -0.3 is 24.4 Å². The van der Waals surface area contributed by atoms with Crippen LogP contribution in [0.2, 0.25) is 0 Å². The van der Waals surface area contributed by atoms with Crippen molar-refractivity contribution in [1.29, 1.82) is 0 Å². The zero-order valence-corrected chi connectivity index (χ0v) is 19.5. The molecular weight excluding hydrogens is 428 g/mol. The third-order valence-corrected chi connectivity index (χ3v) is 5.36. The molecule has 2 aromatic rings. The van der Waals surface area contributed by atoms with Crippen LogP contribution >= 0.6 is 0 Å². The summed E-state index contributed by atoms with van der Waals surface area (Å²) in [6.45, 7) is 8.24. The molecule has 2 N–H and O–H groups in total. The van der Waals surface area contributed by atoms with Crippen LogP contribution in [-0.4, -0.2) is 79.5 Å². The first-order valence-electron chi connectivity index (χ1n) is 10.5. The molecule has 0 spiro atoms. The predicted molar refractivity (Wildman–Crippen MR) is 123 cm³/mol. The number of aliphatic carboxylic acids is 2. The van der Waals surface area contributed by atoms with Crippen molar-refractivity contribution in [3.63, 3.8) is 0 Å². The maximum absolute atomic E-state index is 9.10. The van der Waals surface area contributed by atoms with Crippen LogP contribution < -0.4 is 14.2 Å². The van der Waals surface area contributed by atoms with E-state index in [9.17, 15) is 0 Å². The van der Waals surface area contributed by atoms with Gasteiger partial charge in [-0.25, -0.2) is 9.59 Å². The molecule has 1 heterocycles. The molecule has 9 nitrogen and oxygen atoms in total. The fourth-order valence-corrected chi connectivity index (χ4v) is 3.51. The minimum absolute atomic E-state index is 0.695. The standard InChI is InChI=1S/C22H30N2O3.C2H2O4/c1-17-5-7-18(8-6-17)15-23-9-11-24(12-10-23)16-19-13-21(26-3)22(27-4)14-20(19)25-2;3-1(4)2(5)6/h5-8,13-14H,9-12,15-16H2,1-4H3;(H,3,4)(H,5,6). The van der Waals surface area contributed by atoms with Crippen molar-refractivity contribution in [2.45, 2.75) is 20.0 Å². The third-order valence-electron chi connectivity index (χ3n) is 5.36. The van der Waals surface area contributed by atoms with Crippen molar-refractivity contribution in [3.05, 3.63) is 53.1 Å². The average molecular weight is 461 g/mol. The van der Waals surface area contributed by atoms with Gasteiger partial charge in [0, 0.05) is 50.9 Å². The van der Waals surface area contributed by atoms with Crippen LogP contribution in [0.1, 0.15) is 16.7 Å². The number of carbonyl (C=O) groups is 2. The highest BCUT2D eigenvalue weighted by atomic mass is 16.5. The van der Waals surface area contributed by atoms with E-state index in [-0.39, 0.29) is 0 Å². The van der Waals surface area contributed by atoms with E-state index in [1.54, 1.807) is 21.3 Å². The van der Waals surface area contributed by atoms with Crippen LogP contribution in [0.3, 0.4) is 0 Å². The monoisotopic (exact) mass is 460 g/mol. The second-order valence-corrected chi connectivity index (χ2v) is 7.67. The van der Waals surface area contributed by atoms with Gasteiger partial charge in [0.1, 0.15) is 5.75 Å². The molecule has 9 heteroatoms. The summed E-state index contributed by atoms with van der Waals surface area (Å²) < 4.78 is 16.4. The Morgan fingerprint density at radius 1 is 0.758 bits per heavy atom. The molecule has 0 radical (unpaired) electrons. The van der Waals surface area contributed by atoms with Crippen molar-refractivity contribution < 1.29 is 34.0 Å². The van der Waals surface area contributed by atoms with Gasteiger partial charge in [-0.3, -0.25) is 9.80 Å².